The molecule has 0 atom stereocenters. The molecular weight excluding hydrogens is 446 g/mol. The Kier molecular flexibility index (Phi) is 14.8. The van der Waals surface area contributed by atoms with E-state index >= 15 is 0 Å². The van der Waals surface area contributed by atoms with E-state index in [1.54, 1.807) is 11.5 Å². The summed E-state index contributed by atoms with van der Waals surface area (Å²) in [5.74, 6) is 3.63. The van der Waals surface area contributed by atoms with Crippen LogP contribution in [-0.2, 0) is 0 Å². The average molecular weight is 502 g/mol. The Bertz CT molecular complexity index is 800. The van der Waals surface area contributed by atoms with Crippen LogP contribution in [0.1, 0.15) is 118 Å². The third kappa shape index (κ3) is 9.79. The van der Waals surface area contributed by atoms with E-state index in [2.05, 4.69) is 117 Å². The first-order valence-electron chi connectivity index (χ1n) is 13.2. The number of allylic oxidation sites excluding steroid dienone is 2. The summed E-state index contributed by atoms with van der Waals surface area (Å²) in [5.41, 5.74) is 8.32. The topological polar surface area (TPSA) is 37.6 Å². The van der Waals surface area contributed by atoms with E-state index in [9.17, 15) is 0 Å². The summed E-state index contributed by atoms with van der Waals surface area (Å²) in [4.78, 5) is 10.3. The molecule has 0 fully saturated rings. The Morgan fingerprint density at radius 2 is 1.00 bits per heavy atom. The summed E-state index contributed by atoms with van der Waals surface area (Å²) >= 11 is 1.64. The Balaban J connectivity index is 0.000000489. The smallest absolute Gasteiger partial charge is 0.0604 e. The monoisotopic (exact) mass is 501 g/mol. The maximum absolute atomic E-state index is 4.48. The van der Waals surface area contributed by atoms with Gasteiger partial charge >= 0.3 is 0 Å². The molecule has 200 valence electrons. The third-order valence-corrected chi connectivity index (χ3v) is 6.92. The molecule has 0 saturated carbocycles. The first kappa shape index (κ1) is 33.4. The fraction of sp³-hybridized carbons (Fsp3) is 0.710. The van der Waals surface area contributed by atoms with Gasteiger partial charge < -0.3 is 0 Å². The number of aryl methyl sites for hydroxylation is 1. The lowest BCUT2D eigenvalue weighted by molar-refractivity contribution is 0.772. The van der Waals surface area contributed by atoms with Crippen LogP contribution in [0, 0.1) is 30.6 Å². The van der Waals surface area contributed by atoms with Crippen molar-refractivity contribution >= 4 is 23.0 Å². The molecular formula is C31H55N3S. The molecule has 0 aliphatic carbocycles. The number of aliphatic imine (C=N–C) groups is 2. The molecule has 4 heteroatoms. The van der Waals surface area contributed by atoms with Gasteiger partial charge in [0.05, 0.1) is 18.8 Å². The molecule has 3 nitrogen and oxygen atoms in total. The summed E-state index contributed by atoms with van der Waals surface area (Å²) in [7, 11) is 0. The summed E-state index contributed by atoms with van der Waals surface area (Å²) in [6.45, 7) is 30.6. The SMILES string of the molecule is C.CC(C)C1=CCN=C1C(C)C.CC(C)C1=CCN=C1C(C)C.Cc1snc(C(C)C)c1C(C)C. The predicted octanol–water partition coefficient (Wildman–Crippen LogP) is 9.69. The third-order valence-electron chi connectivity index (χ3n) is 6.14. The number of rotatable bonds is 6. The van der Waals surface area contributed by atoms with Crippen molar-refractivity contribution in [1.29, 1.82) is 0 Å². The van der Waals surface area contributed by atoms with Crippen molar-refractivity contribution < 1.29 is 0 Å². The van der Waals surface area contributed by atoms with Crippen molar-refractivity contribution in [2.24, 2.45) is 33.7 Å². The van der Waals surface area contributed by atoms with Crippen LogP contribution in [0.3, 0.4) is 0 Å². The molecule has 35 heavy (non-hydrogen) atoms. The Morgan fingerprint density at radius 3 is 1.23 bits per heavy atom. The van der Waals surface area contributed by atoms with E-state index < -0.39 is 0 Å². The molecule has 0 bridgehead atoms. The van der Waals surface area contributed by atoms with Crippen molar-refractivity contribution in [1.82, 2.24) is 4.37 Å². The average Bonchev–Trinajstić information content (AvgIpc) is 3.47. The van der Waals surface area contributed by atoms with Gasteiger partial charge in [-0.1, -0.05) is 103 Å². The van der Waals surface area contributed by atoms with Gasteiger partial charge in [0.15, 0.2) is 0 Å². The van der Waals surface area contributed by atoms with Gasteiger partial charge in [-0.2, -0.15) is 4.37 Å². The molecule has 2 aliphatic rings. The summed E-state index contributed by atoms with van der Waals surface area (Å²) in [6.07, 6.45) is 4.50. The number of hydrogen-bond acceptors (Lipinski definition) is 4. The largest absolute Gasteiger partial charge is 0.285 e. The minimum atomic E-state index is 0. The Hall–Kier alpha value is -1.55. The molecule has 0 unspecified atom stereocenters. The van der Waals surface area contributed by atoms with Gasteiger partial charge in [0.1, 0.15) is 0 Å². The minimum Gasteiger partial charge on any atom is -0.285 e. The van der Waals surface area contributed by atoms with E-state index in [-0.39, 0.29) is 7.43 Å². The van der Waals surface area contributed by atoms with Crippen LogP contribution in [0.2, 0.25) is 0 Å². The van der Waals surface area contributed by atoms with Gasteiger partial charge in [-0.25, -0.2) is 0 Å². The van der Waals surface area contributed by atoms with Gasteiger partial charge in [0, 0.05) is 16.3 Å². The van der Waals surface area contributed by atoms with Gasteiger partial charge in [0.25, 0.3) is 0 Å². The van der Waals surface area contributed by atoms with E-state index in [1.807, 2.05) is 0 Å². The summed E-state index contributed by atoms with van der Waals surface area (Å²) in [5, 5.41) is 0. The Labute approximate surface area is 222 Å². The molecule has 1 aromatic heterocycles. The van der Waals surface area contributed by atoms with Crippen LogP contribution < -0.4 is 0 Å². The maximum atomic E-state index is 4.48. The fourth-order valence-corrected chi connectivity index (χ4v) is 5.47. The zero-order valence-corrected chi connectivity index (χ0v) is 25.1. The van der Waals surface area contributed by atoms with Gasteiger partial charge in [-0.05, 0) is 70.7 Å². The number of hydrogen-bond donors (Lipinski definition) is 0. The van der Waals surface area contributed by atoms with Crippen molar-refractivity contribution in [2.75, 3.05) is 13.1 Å². The lowest BCUT2D eigenvalue weighted by atomic mass is 9.93. The first-order chi connectivity index (χ1) is 15.8. The quantitative estimate of drug-likeness (QED) is 0.382. The first-order valence-corrected chi connectivity index (χ1v) is 14.0. The summed E-state index contributed by atoms with van der Waals surface area (Å²) in [6, 6.07) is 0. The molecule has 0 spiro atoms. The molecule has 1 aromatic rings. The van der Waals surface area contributed by atoms with Crippen molar-refractivity contribution in [3.8, 4) is 0 Å². The number of nitrogens with zero attached hydrogens (tertiary/aromatic N) is 3. The van der Waals surface area contributed by atoms with Crippen molar-refractivity contribution in [2.45, 2.75) is 109 Å². The van der Waals surface area contributed by atoms with Crippen LogP contribution in [-0.4, -0.2) is 28.9 Å². The van der Waals surface area contributed by atoms with Crippen molar-refractivity contribution in [3.05, 3.63) is 39.4 Å². The lowest BCUT2D eigenvalue weighted by Gasteiger charge is -2.12. The van der Waals surface area contributed by atoms with Crippen LogP contribution in [0.15, 0.2) is 33.3 Å². The normalized spacial score (nSPS) is 15.1. The maximum Gasteiger partial charge on any atom is 0.0604 e. The molecule has 0 aromatic carbocycles. The molecule has 0 saturated heterocycles. The minimum absolute atomic E-state index is 0. The molecule has 3 heterocycles. The van der Waals surface area contributed by atoms with Crippen LogP contribution >= 0.6 is 11.5 Å². The molecule has 2 aliphatic heterocycles. The van der Waals surface area contributed by atoms with E-state index in [0.29, 0.717) is 35.5 Å². The van der Waals surface area contributed by atoms with Crippen LogP contribution in [0.25, 0.3) is 0 Å². The highest BCUT2D eigenvalue weighted by Crippen LogP contribution is 2.30. The second-order valence-corrected chi connectivity index (χ2v) is 12.2. The highest BCUT2D eigenvalue weighted by molar-refractivity contribution is 7.05. The van der Waals surface area contributed by atoms with Crippen molar-refractivity contribution in [3.63, 3.8) is 0 Å². The highest BCUT2D eigenvalue weighted by atomic mass is 32.1. The summed E-state index contributed by atoms with van der Waals surface area (Å²) < 4.78 is 4.48. The lowest BCUT2D eigenvalue weighted by Crippen LogP contribution is -2.12. The molecule has 0 radical (unpaired) electrons. The van der Waals surface area contributed by atoms with Gasteiger partial charge in [0.2, 0.25) is 0 Å². The Morgan fingerprint density at radius 1 is 0.600 bits per heavy atom. The van der Waals surface area contributed by atoms with E-state index in [4.69, 9.17) is 0 Å². The van der Waals surface area contributed by atoms with Crippen LogP contribution in [0.4, 0.5) is 0 Å². The standard InChI is InChI=1S/C10H17NS.2C10H17N.CH4/c1-6(2)9-8(5)12-11-10(9)7(3)4;2*1-7(2)9-5-6-11-10(9)8(3)4;/h6-7H,1-5H3;2*5,7-8H,6H2,1-4H3;1H4. The van der Waals surface area contributed by atoms with Gasteiger partial charge in [-0.3, -0.25) is 9.98 Å². The van der Waals surface area contributed by atoms with Gasteiger partial charge in [-0.15, -0.1) is 0 Å². The molecule has 3 rings (SSSR count). The molecule has 0 amide bonds. The molecule has 0 N–H and O–H groups in total. The zero-order chi connectivity index (χ0) is 26.2. The van der Waals surface area contributed by atoms with E-state index in [1.165, 1.54) is 38.7 Å². The zero-order valence-electron chi connectivity index (χ0n) is 24.3. The van der Waals surface area contributed by atoms with E-state index in [0.717, 1.165) is 13.1 Å². The van der Waals surface area contributed by atoms with Crippen LogP contribution in [0.5, 0.6) is 0 Å². The second kappa shape index (κ2) is 15.5. The second-order valence-electron chi connectivity index (χ2n) is 11.2. The number of aromatic nitrogens is 1. The predicted molar refractivity (Wildman–Crippen MR) is 162 cm³/mol. The fourth-order valence-electron chi connectivity index (χ4n) is 4.49. The highest BCUT2D eigenvalue weighted by Gasteiger charge is 2.18.